The lowest BCUT2D eigenvalue weighted by Gasteiger charge is -2.47. The topological polar surface area (TPSA) is 48.0 Å². The fourth-order valence-corrected chi connectivity index (χ4v) is 3.14. The molecule has 1 fully saturated rings. The number of rotatable bonds is 5. The van der Waals surface area contributed by atoms with E-state index in [1.165, 1.54) is 5.06 Å². The Morgan fingerprint density at radius 2 is 2.08 bits per heavy atom. The molecule has 2 unspecified atom stereocenters. The lowest BCUT2D eigenvalue weighted by atomic mass is 9.84. The molecule has 136 valence electrons. The highest BCUT2D eigenvalue weighted by atomic mass is 16.7. The molecule has 1 saturated heterocycles. The number of hydroxylamine groups is 2. The van der Waals surface area contributed by atoms with Crippen molar-refractivity contribution in [1.82, 2.24) is 5.06 Å². The summed E-state index contributed by atoms with van der Waals surface area (Å²) >= 11 is 0. The van der Waals surface area contributed by atoms with Gasteiger partial charge in [0.15, 0.2) is 0 Å². The third-order valence-corrected chi connectivity index (χ3v) is 4.42. The maximum absolute atomic E-state index is 12.4. The summed E-state index contributed by atoms with van der Waals surface area (Å²) in [7, 11) is 0. The summed E-state index contributed by atoms with van der Waals surface area (Å²) in [5, 5.41) is 1.39. The maximum atomic E-state index is 12.4. The third-order valence-electron chi connectivity index (χ3n) is 4.42. The van der Waals surface area contributed by atoms with Gasteiger partial charge in [0, 0.05) is 6.42 Å². The minimum absolute atomic E-state index is 0.0398. The van der Waals surface area contributed by atoms with Crippen molar-refractivity contribution in [1.29, 1.82) is 0 Å². The zero-order chi connectivity index (χ0) is 17.9. The SMILES string of the molecule is CC(C)(C)OC(=O)N1OC2(CCOCc3ccccc3)C=CC1CC2. The number of nitrogens with zero attached hydrogens (tertiary/aromatic N) is 1. The van der Waals surface area contributed by atoms with Crippen molar-refractivity contribution in [3.8, 4) is 0 Å². The summed E-state index contributed by atoms with van der Waals surface area (Å²) in [4.78, 5) is 18.4. The normalized spacial score (nSPS) is 25.2. The van der Waals surface area contributed by atoms with E-state index in [2.05, 4.69) is 6.08 Å². The van der Waals surface area contributed by atoms with E-state index in [1.807, 2.05) is 57.2 Å². The first-order valence-corrected chi connectivity index (χ1v) is 8.89. The van der Waals surface area contributed by atoms with Crippen LogP contribution in [0.1, 0.15) is 45.6 Å². The number of benzene rings is 1. The molecule has 25 heavy (non-hydrogen) atoms. The second-order valence-electron chi connectivity index (χ2n) is 7.72. The molecule has 0 radical (unpaired) electrons. The van der Waals surface area contributed by atoms with Gasteiger partial charge >= 0.3 is 6.09 Å². The van der Waals surface area contributed by atoms with Crippen LogP contribution in [0.5, 0.6) is 0 Å². The Morgan fingerprint density at radius 3 is 2.72 bits per heavy atom. The first kappa shape index (κ1) is 18.0. The zero-order valence-electron chi connectivity index (χ0n) is 15.2. The number of hydrogen-bond acceptors (Lipinski definition) is 4. The molecule has 5 heteroatoms. The van der Waals surface area contributed by atoms with Gasteiger partial charge in [-0.05, 0) is 39.2 Å². The van der Waals surface area contributed by atoms with Crippen LogP contribution in [0.15, 0.2) is 42.5 Å². The Labute approximate surface area is 149 Å². The van der Waals surface area contributed by atoms with Crippen LogP contribution in [0.2, 0.25) is 0 Å². The van der Waals surface area contributed by atoms with Gasteiger partial charge in [0.2, 0.25) is 0 Å². The van der Waals surface area contributed by atoms with E-state index in [0.29, 0.717) is 19.6 Å². The lowest BCUT2D eigenvalue weighted by molar-refractivity contribution is -0.263. The van der Waals surface area contributed by atoms with Crippen molar-refractivity contribution in [2.45, 2.75) is 63.9 Å². The van der Waals surface area contributed by atoms with Crippen LogP contribution in [0, 0.1) is 0 Å². The standard InChI is InChI=1S/C20H27NO4/c1-19(2,3)24-18(22)21-17-9-11-20(25-21,12-10-17)13-14-23-15-16-7-5-4-6-8-16/h4-9,11,17H,10,12-15H2,1-3H3. The van der Waals surface area contributed by atoms with Gasteiger partial charge in [0.25, 0.3) is 0 Å². The Kier molecular flexibility index (Phi) is 5.16. The molecule has 1 amide bonds. The van der Waals surface area contributed by atoms with E-state index >= 15 is 0 Å². The average Bonchev–Trinajstić information content (AvgIpc) is 2.59. The number of amides is 1. The van der Waals surface area contributed by atoms with E-state index in [0.717, 1.165) is 18.4 Å². The minimum atomic E-state index is -0.535. The first-order valence-electron chi connectivity index (χ1n) is 8.89. The Hall–Kier alpha value is -1.85. The molecule has 1 aromatic rings. The van der Waals surface area contributed by atoms with Crippen molar-refractivity contribution >= 4 is 6.09 Å². The van der Waals surface area contributed by atoms with Crippen molar-refractivity contribution in [2.75, 3.05) is 6.61 Å². The largest absolute Gasteiger partial charge is 0.442 e. The van der Waals surface area contributed by atoms with E-state index in [4.69, 9.17) is 14.3 Å². The summed E-state index contributed by atoms with van der Waals surface area (Å²) in [6.07, 6.45) is 6.19. The van der Waals surface area contributed by atoms with Crippen molar-refractivity contribution in [3.05, 3.63) is 48.0 Å². The van der Waals surface area contributed by atoms with Gasteiger partial charge < -0.3 is 9.47 Å². The molecule has 2 aliphatic heterocycles. The van der Waals surface area contributed by atoms with Crippen LogP contribution in [-0.4, -0.2) is 35.0 Å². The number of hydrogen-bond donors (Lipinski definition) is 0. The molecule has 1 aliphatic carbocycles. The predicted molar refractivity (Wildman–Crippen MR) is 94.8 cm³/mol. The summed E-state index contributed by atoms with van der Waals surface area (Å²) in [5.41, 5.74) is 0.147. The van der Waals surface area contributed by atoms with Gasteiger partial charge in [-0.1, -0.05) is 42.5 Å². The van der Waals surface area contributed by atoms with Crippen LogP contribution in [0.25, 0.3) is 0 Å². The molecule has 0 saturated carbocycles. The summed E-state index contributed by atoms with van der Waals surface area (Å²) in [5.74, 6) is 0. The molecule has 2 bridgehead atoms. The number of ether oxygens (including phenoxy) is 2. The number of carbonyl (C=O) groups is 1. The zero-order valence-corrected chi connectivity index (χ0v) is 15.2. The quantitative estimate of drug-likeness (QED) is 0.592. The smallest absolute Gasteiger partial charge is 0.435 e. The molecular formula is C20H27NO4. The van der Waals surface area contributed by atoms with E-state index in [9.17, 15) is 4.79 Å². The molecule has 0 spiro atoms. The van der Waals surface area contributed by atoms with E-state index < -0.39 is 17.3 Å². The highest BCUT2D eigenvalue weighted by Crippen LogP contribution is 2.39. The van der Waals surface area contributed by atoms with Crippen LogP contribution < -0.4 is 0 Å². The maximum Gasteiger partial charge on any atom is 0.435 e. The molecule has 5 nitrogen and oxygen atoms in total. The fourth-order valence-electron chi connectivity index (χ4n) is 3.14. The second-order valence-corrected chi connectivity index (χ2v) is 7.72. The Bertz CT molecular complexity index is 622. The van der Waals surface area contributed by atoms with Gasteiger partial charge in [0.05, 0.1) is 19.3 Å². The Morgan fingerprint density at radius 1 is 1.32 bits per heavy atom. The molecule has 0 N–H and O–H groups in total. The highest BCUT2D eigenvalue weighted by Gasteiger charge is 2.45. The van der Waals surface area contributed by atoms with Crippen LogP contribution in [0.3, 0.4) is 0 Å². The number of fused-ring (bicyclic) bond motifs is 2. The van der Waals surface area contributed by atoms with Crippen molar-refractivity contribution in [3.63, 3.8) is 0 Å². The second kappa shape index (κ2) is 7.18. The monoisotopic (exact) mass is 345 g/mol. The molecule has 3 aliphatic rings. The lowest BCUT2D eigenvalue weighted by Crippen LogP contribution is -2.56. The molecule has 4 rings (SSSR count). The van der Waals surface area contributed by atoms with Gasteiger partial charge in [-0.2, -0.15) is 5.06 Å². The van der Waals surface area contributed by atoms with E-state index in [-0.39, 0.29) is 6.04 Å². The molecule has 2 heterocycles. The summed E-state index contributed by atoms with van der Waals surface area (Å²) in [6.45, 7) is 6.73. The van der Waals surface area contributed by atoms with Gasteiger partial charge in [-0.25, -0.2) is 4.79 Å². The molecule has 1 aromatic carbocycles. The van der Waals surface area contributed by atoms with Crippen LogP contribution in [0.4, 0.5) is 4.79 Å². The minimum Gasteiger partial charge on any atom is -0.442 e. The molecule has 2 atom stereocenters. The van der Waals surface area contributed by atoms with Gasteiger partial charge in [-0.15, -0.1) is 0 Å². The Balaban J connectivity index is 1.53. The average molecular weight is 345 g/mol. The number of carbonyl (C=O) groups excluding carboxylic acids is 1. The first-order chi connectivity index (χ1) is 11.9. The van der Waals surface area contributed by atoms with E-state index in [1.54, 1.807) is 0 Å². The highest BCUT2D eigenvalue weighted by molar-refractivity contribution is 5.68. The van der Waals surface area contributed by atoms with Crippen LogP contribution in [-0.2, 0) is 20.9 Å². The molecule has 0 aromatic heterocycles. The van der Waals surface area contributed by atoms with Crippen LogP contribution >= 0.6 is 0 Å². The van der Waals surface area contributed by atoms with Gasteiger partial charge in [0.1, 0.15) is 11.2 Å². The molecular weight excluding hydrogens is 318 g/mol. The summed E-state index contributed by atoms with van der Waals surface area (Å²) in [6, 6.07) is 10.1. The van der Waals surface area contributed by atoms with Crippen molar-refractivity contribution < 1.29 is 19.1 Å². The van der Waals surface area contributed by atoms with Gasteiger partial charge in [-0.3, -0.25) is 4.84 Å². The van der Waals surface area contributed by atoms with Crippen molar-refractivity contribution in [2.24, 2.45) is 0 Å². The summed E-state index contributed by atoms with van der Waals surface area (Å²) < 4.78 is 11.2. The fraction of sp³-hybridized carbons (Fsp3) is 0.550. The predicted octanol–water partition coefficient (Wildman–Crippen LogP) is 4.23. The third kappa shape index (κ3) is 4.61.